The Hall–Kier alpha value is -0.850. The number of hydrogen-bond acceptors (Lipinski definition) is 1. The molecule has 0 atom stereocenters. The van der Waals surface area contributed by atoms with Gasteiger partial charge in [-0.25, -0.2) is 0 Å². The van der Waals surface area contributed by atoms with Crippen LogP contribution in [0.15, 0.2) is 23.3 Å². The first kappa shape index (κ1) is 8.25. The summed E-state index contributed by atoms with van der Waals surface area (Å²) in [5.74, 6) is 0.274. The quantitative estimate of drug-likeness (QED) is 0.561. The number of rotatable bonds is 1. The maximum absolute atomic E-state index is 10.9. The topological polar surface area (TPSA) is 17.1 Å². The normalized spacial score (nSPS) is 22.2. The molecular weight excluding hydrogens is 136 g/mol. The minimum absolute atomic E-state index is 0.274. The fraction of sp³-hybridized carbons (Fsp3) is 0.500. The minimum Gasteiger partial charge on any atom is -0.295 e. The molecular formula is C10H14O. The van der Waals surface area contributed by atoms with Gasteiger partial charge in [0.15, 0.2) is 5.78 Å². The van der Waals surface area contributed by atoms with E-state index in [2.05, 4.69) is 13.0 Å². The van der Waals surface area contributed by atoms with Crippen LogP contribution in [0.1, 0.15) is 33.1 Å². The van der Waals surface area contributed by atoms with E-state index in [-0.39, 0.29) is 5.78 Å². The number of ketones is 1. The fourth-order valence-corrected chi connectivity index (χ4v) is 1.37. The highest BCUT2D eigenvalue weighted by molar-refractivity contribution is 5.92. The van der Waals surface area contributed by atoms with Crippen LogP contribution in [0, 0.1) is 0 Å². The van der Waals surface area contributed by atoms with E-state index in [0.29, 0.717) is 6.42 Å². The summed E-state index contributed by atoms with van der Waals surface area (Å²) >= 11 is 0. The lowest BCUT2D eigenvalue weighted by atomic mass is 9.93. The molecule has 1 aliphatic carbocycles. The monoisotopic (exact) mass is 150 g/mol. The highest BCUT2D eigenvalue weighted by Crippen LogP contribution is 2.21. The highest BCUT2D eigenvalue weighted by atomic mass is 16.1. The third kappa shape index (κ3) is 2.04. The summed E-state index contributed by atoms with van der Waals surface area (Å²) in [7, 11) is 0. The third-order valence-corrected chi connectivity index (χ3v) is 1.98. The van der Waals surface area contributed by atoms with Gasteiger partial charge in [-0.3, -0.25) is 4.79 Å². The molecule has 60 valence electrons. The second-order valence-corrected chi connectivity index (χ2v) is 2.93. The zero-order valence-corrected chi connectivity index (χ0v) is 7.18. The fourth-order valence-electron chi connectivity index (χ4n) is 1.37. The van der Waals surface area contributed by atoms with Gasteiger partial charge in [0.2, 0.25) is 0 Å². The molecule has 0 saturated carbocycles. The molecule has 0 unspecified atom stereocenters. The number of carbonyl (C=O) groups excluding carboxylic acids is 1. The molecule has 0 fully saturated rings. The van der Waals surface area contributed by atoms with E-state index in [1.54, 1.807) is 6.08 Å². The zero-order chi connectivity index (χ0) is 8.27. The molecule has 1 rings (SSSR count). The van der Waals surface area contributed by atoms with Gasteiger partial charge in [-0.15, -0.1) is 0 Å². The first-order valence-electron chi connectivity index (χ1n) is 4.14. The Kier molecular flexibility index (Phi) is 2.64. The van der Waals surface area contributed by atoms with Gasteiger partial charge in [-0.2, -0.15) is 0 Å². The van der Waals surface area contributed by atoms with Crippen molar-refractivity contribution >= 4 is 5.78 Å². The van der Waals surface area contributed by atoms with Gasteiger partial charge in [0, 0.05) is 6.42 Å². The Labute approximate surface area is 67.8 Å². The molecule has 0 radical (unpaired) electrons. The Bertz CT molecular complexity index is 221. The molecule has 0 N–H and O–H groups in total. The Morgan fingerprint density at radius 3 is 2.82 bits per heavy atom. The van der Waals surface area contributed by atoms with Crippen molar-refractivity contribution in [2.75, 3.05) is 0 Å². The Balaban J connectivity index is 2.80. The van der Waals surface area contributed by atoms with E-state index >= 15 is 0 Å². The van der Waals surface area contributed by atoms with Crippen molar-refractivity contribution in [2.24, 2.45) is 0 Å². The van der Waals surface area contributed by atoms with Gasteiger partial charge in [0.1, 0.15) is 0 Å². The SMILES string of the molecule is CC/C=C1\CCC(=O)C=C1C. The van der Waals surface area contributed by atoms with Crippen molar-refractivity contribution in [3.8, 4) is 0 Å². The van der Waals surface area contributed by atoms with Crippen molar-refractivity contribution < 1.29 is 4.79 Å². The second-order valence-electron chi connectivity index (χ2n) is 2.93. The molecule has 0 amide bonds. The Morgan fingerprint density at radius 1 is 1.55 bits per heavy atom. The maximum Gasteiger partial charge on any atom is 0.156 e. The minimum atomic E-state index is 0.274. The van der Waals surface area contributed by atoms with Crippen LogP contribution in [0.3, 0.4) is 0 Å². The van der Waals surface area contributed by atoms with Crippen molar-refractivity contribution in [3.63, 3.8) is 0 Å². The summed E-state index contributed by atoms with van der Waals surface area (Å²) in [5, 5.41) is 0. The molecule has 11 heavy (non-hydrogen) atoms. The third-order valence-electron chi connectivity index (χ3n) is 1.98. The largest absolute Gasteiger partial charge is 0.295 e. The van der Waals surface area contributed by atoms with Crippen LogP contribution >= 0.6 is 0 Å². The molecule has 1 nitrogen and oxygen atoms in total. The van der Waals surface area contributed by atoms with Crippen LogP contribution in [0.4, 0.5) is 0 Å². The van der Waals surface area contributed by atoms with Crippen molar-refractivity contribution in [2.45, 2.75) is 33.1 Å². The molecule has 0 aromatic heterocycles. The van der Waals surface area contributed by atoms with Gasteiger partial charge in [0.05, 0.1) is 0 Å². The zero-order valence-electron chi connectivity index (χ0n) is 7.18. The lowest BCUT2D eigenvalue weighted by Crippen LogP contribution is -2.03. The molecule has 0 heterocycles. The molecule has 0 spiro atoms. The van der Waals surface area contributed by atoms with Crippen LogP contribution < -0.4 is 0 Å². The smallest absolute Gasteiger partial charge is 0.156 e. The number of hydrogen-bond donors (Lipinski definition) is 0. The Morgan fingerprint density at radius 2 is 2.27 bits per heavy atom. The van der Waals surface area contributed by atoms with Crippen LogP contribution in [-0.4, -0.2) is 5.78 Å². The predicted molar refractivity (Wildman–Crippen MR) is 46.4 cm³/mol. The van der Waals surface area contributed by atoms with Crippen LogP contribution in [0.25, 0.3) is 0 Å². The molecule has 0 bridgehead atoms. The maximum atomic E-state index is 10.9. The van der Waals surface area contributed by atoms with Gasteiger partial charge < -0.3 is 0 Å². The first-order valence-corrected chi connectivity index (χ1v) is 4.14. The van der Waals surface area contributed by atoms with E-state index in [1.165, 1.54) is 5.57 Å². The number of carbonyl (C=O) groups is 1. The average Bonchev–Trinajstić information content (AvgIpc) is 1.95. The predicted octanol–water partition coefficient (Wildman–Crippen LogP) is 2.63. The molecule has 0 aromatic rings. The summed E-state index contributed by atoms with van der Waals surface area (Å²) in [6, 6.07) is 0. The lowest BCUT2D eigenvalue weighted by molar-refractivity contribution is -0.114. The standard InChI is InChI=1S/C10H14O/c1-3-4-9-5-6-10(11)7-8(9)2/h4,7H,3,5-6H2,1-2H3/b9-4+. The molecule has 1 aliphatic rings. The van der Waals surface area contributed by atoms with Gasteiger partial charge in [0.25, 0.3) is 0 Å². The summed E-state index contributed by atoms with van der Waals surface area (Å²) < 4.78 is 0. The van der Waals surface area contributed by atoms with Crippen LogP contribution in [0.5, 0.6) is 0 Å². The van der Waals surface area contributed by atoms with Gasteiger partial charge in [-0.1, -0.05) is 13.0 Å². The summed E-state index contributed by atoms with van der Waals surface area (Å²) in [5.41, 5.74) is 2.51. The van der Waals surface area contributed by atoms with Crippen molar-refractivity contribution in [1.82, 2.24) is 0 Å². The van der Waals surface area contributed by atoms with Crippen LogP contribution in [-0.2, 0) is 4.79 Å². The summed E-state index contributed by atoms with van der Waals surface area (Å²) in [4.78, 5) is 10.9. The molecule has 0 aliphatic heterocycles. The van der Waals surface area contributed by atoms with E-state index in [4.69, 9.17) is 0 Å². The highest BCUT2D eigenvalue weighted by Gasteiger charge is 2.10. The summed E-state index contributed by atoms with van der Waals surface area (Å²) in [6.07, 6.45) is 6.66. The van der Waals surface area contributed by atoms with E-state index in [0.717, 1.165) is 18.4 Å². The second kappa shape index (κ2) is 3.51. The lowest BCUT2D eigenvalue weighted by Gasteiger charge is -2.11. The van der Waals surface area contributed by atoms with E-state index in [9.17, 15) is 4.79 Å². The molecule has 0 saturated heterocycles. The van der Waals surface area contributed by atoms with Gasteiger partial charge >= 0.3 is 0 Å². The molecule has 0 aromatic carbocycles. The summed E-state index contributed by atoms with van der Waals surface area (Å²) in [6.45, 7) is 4.13. The van der Waals surface area contributed by atoms with Crippen molar-refractivity contribution in [3.05, 3.63) is 23.3 Å². The van der Waals surface area contributed by atoms with E-state index in [1.807, 2.05) is 6.92 Å². The molecule has 1 heteroatoms. The van der Waals surface area contributed by atoms with Crippen molar-refractivity contribution in [1.29, 1.82) is 0 Å². The van der Waals surface area contributed by atoms with Gasteiger partial charge in [-0.05, 0) is 37.0 Å². The first-order chi connectivity index (χ1) is 5.24. The average molecular weight is 150 g/mol. The van der Waals surface area contributed by atoms with Crippen LogP contribution in [0.2, 0.25) is 0 Å². The number of allylic oxidation sites excluding steroid dienone is 4. The van der Waals surface area contributed by atoms with E-state index < -0.39 is 0 Å².